The fraction of sp³-hybridized carbons (Fsp3) is 0. The molecule has 0 N–H and O–H groups in total. The highest BCUT2D eigenvalue weighted by Crippen LogP contribution is 2.46. The molecule has 0 saturated heterocycles. The fourth-order valence-electron chi connectivity index (χ4n) is 9.16. The summed E-state index contributed by atoms with van der Waals surface area (Å²) in [6.07, 6.45) is 0. The van der Waals surface area contributed by atoms with E-state index < -0.39 is 0 Å². The van der Waals surface area contributed by atoms with Crippen LogP contribution >= 0.6 is 11.3 Å². The first kappa shape index (κ1) is 35.2. The summed E-state index contributed by atoms with van der Waals surface area (Å²) >= 11 is 1.85. The maximum atomic E-state index is 5.26. The van der Waals surface area contributed by atoms with Crippen LogP contribution in [0.4, 0.5) is 0 Å². The Labute approximate surface area is 356 Å². The van der Waals surface area contributed by atoms with Crippen LogP contribution in [-0.2, 0) is 0 Å². The van der Waals surface area contributed by atoms with Crippen LogP contribution in [0.25, 0.3) is 120 Å². The van der Waals surface area contributed by atoms with Crippen LogP contribution in [0.15, 0.2) is 212 Å². The predicted octanol–water partition coefficient (Wildman–Crippen LogP) is 15.7. The topological polar surface area (TPSA) is 38.7 Å². The summed E-state index contributed by atoms with van der Waals surface area (Å²) in [4.78, 5) is 15.6. The molecule has 0 atom stereocenters. The molecule has 10 aromatic carbocycles. The Balaban J connectivity index is 1.03. The number of fused-ring (bicyclic) bond motifs is 6. The van der Waals surface area contributed by atoms with Gasteiger partial charge in [0.15, 0.2) is 17.5 Å². The summed E-state index contributed by atoms with van der Waals surface area (Å²) in [6.45, 7) is 0. The molecule has 0 unspecified atom stereocenters. The molecule has 0 fully saturated rings. The normalized spacial score (nSPS) is 11.6. The first-order valence-electron chi connectivity index (χ1n) is 20.6. The first-order chi connectivity index (χ1) is 30.3. The van der Waals surface area contributed by atoms with Gasteiger partial charge in [-0.1, -0.05) is 200 Å². The number of thiophene rings is 1. The van der Waals surface area contributed by atoms with Crippen molar-refractivity contribution in [1.82, 2.24) is 15.0 Å². The molecule has 0 saturated carbocycles. The Morgan fingerprint density at radius 2 is 0.689 bits per heavy atom. The average Bonchev–Trinajstić information content (AvgIpc) is 3.72. The molecule has 3 nitrogen and oxygen atoms in total. The number of hydrogen-bond donors (Lipinski definition) is 0. The molecule has 284 valence electrons. The third-order valence-corrected chi connectivity index (χ3v) is 13.2. The van der Waals surface area contributed by atoms with Crippen LogP contribution < -0.4 is 0 Å². The molecule has 2 aromatic heterocycles. The third-order valence-electron chi connectivity index (χ3n) is 12.0. The van der Waals surface area contributed by atoms with Gasteiger partial charge in [0.05, 0.1) is 0 Å². The average molecular weight is 794 g/mol. The number of rotatable bonds is 6. The van der Waals surface area contributed by atoms with Crippen LogP contribution in [0, 0.1) is 0 Å². The van der Waals surface area contributed by atoms with Crippen molar-refractivity contribution < 1.29 is 0 Å². The number of hydrogen-bond acceptors (Lipinski definition) is 4. The SMILES string of the molecule is c1ccc(-c2nc(-c3ccc(-c4cccc5c4sc4ccccc45)cc3)nc(-c3ccc(-c4c5ccccc5c(-c5ccccc5)c5ccccc45)c4ccccc34)n2)cc1. The highest BCUT2D eigenvalue weighted by molar-refractivity contribution is 7.26. The predicted molar refractivity (Wildman–Crippen MR) is 258 cm³/mol. The molecule has 0 radical (unpaired) electrons. The van der Waals surface area contributed by atoms with E-state index in [9.17, 15) is 0 Å². The van der Waals surface area contributed by atoms with E-state index in [1.807, 2.05) is 29.5 Å². The summed E-state index contributed by atoms with van der Waals surface area (Å²) in [6, 6.07) is 75.7. The lowest BCUT2D eigenvalue weighted by atomic mass is 9.84. The second-order valence-electron chi connectivity index (χ2n) is 15.4. The van der Waals surface area contributed by atoms with Crippen molar-refractivity contribution in [2.24, 2.45) is 0 Å². The van der Waals surface area contributed by atoms with Gasteiger partial charge in [0.25, 0.3) is 0 Å². The fourth-order valence-corrected chi connectivity index (χ4v) is 10.4. The second-order valence-corrected chi connectivity index (χ2v) is 16.5. The minimum Gasteiger partial charge on any atom is -0.208 e. The van der Waals surface area contributed by atoms with Gasteiger partial charge in [-0.15, -0.1) is 11.3 Å². The van der Waals surface area contributed by atoms with Gasteiger partial charge in [0.2, 0.25) is 0 Å². The minimum atomic E-state index is 0.636. The highest BCUT2D eigenvalue weighted by Gasteiger charge is 2.21. The quantitative estimate of drug-likeness (QED) is 0.157. The van der Waals surface area contributed by atoms with Crippen LogP contribution in [0.5, 0.6) is 0 Å². The van der Waals surface area contributed by atoms with Crippen molar-refractivity contribution in [1.29, 1.82) is 0 Å². The molecule has 12 rings (SSSR count). The van der Waals surface area contributed by atoms with E-state index in [4.69, 9.17) is 15.0 Å². The molecule has 0 spiro atoms. The molecule has 0 bridgehead atoms. The van der Waals surface area contributed by atoms with Crippen LogP contribution in [0.2, 0.25) is 0 Å². The smallest absolute Gasteiger partial charge is 0.164 e. The lowest BCUT2D eigenvalue weighted by Gasteiger charge is -2.19. The highest BCUT2D eigenvalue weighted by atomic mass is 32.1. The minimum absolute atomic E-state index is 0.636. The summed E-state index contributed by atoms with van der Waals surface area (Å²) in [7, 11) is 0. The molecule has 0 aliphatic rings. The van der Waals surface area contributed by atoms with Crippen molar-refractivity contribution in [2.45, 2.75) is 0 Å². The van der Waals surface area contributed by atoms with Gasteiger partial charge in [-0.2, -0.15) is 0 Å². The Morgan fingerprint density at radius 1 is 0.246 bits per heavy atom. The maximum absolute atomic E-state index is 5.26. The molecule has 12 aromatic rings. The zero-order chi connectivity index (χ0) is 40.3. The Kier molecular flexibility index (Phi) is 8.36. The van der Waals surface area contributed by atoms with Crippen molar-refractivity contribution in [3.8, 4) is 67.5 Å². The molecule has 61 heavy (non-hydrogen) atoms. The molecular weight excluding hydrogens is 759 g/mol. The second kappa shape index (κ2) is 14.5. The van der Waals surface area contributed by atoms with Gasteiger partial charge in [0, 0.05) is 36.9 Å². The molecule has 0 aliphatic heterocycles. The monoisotopic (exact) mass is 793 g/mol. The molecule has 0 amide bonds. The Morgan fingerprint density at radius 3 is 1.33 bits per heavy atom. The van der Waals surface area contributed by atoms with Crippen molar-refractivity contribution in [3.63, 3.8) is 0 Å². The zero-order valence-corrected chi connectivity index (χ0v) is 33.8. The zero-order valence-electron chi connectivity index (χ0n) is 33.0. The maximum Gasteiger partial charge on any atom is 0.164 e. The molecular formula is C57H35N3S. The van der Waals surface area contributed by atoms with Crippen molar-refractivity contribution in [3.05, 3.63) is 212 Å². The van der Waals surface area contributed by atoms with Gasteiger partial charge in [-0.3, -0.25) is 0 Å². The van der Waals surface area contributed by atoms with Crippen LogP contribution in [0.3, 0.4) is 0 Å². The van der Waals surface area contributed by atoms with Gasteiger partial charge >= 0.3 is 0 Å². The summed E-state index contributed by atoms with van der Waals surface area (Å²) in [5, 5.41) is 9.73. The van der Waals surface area contributed by atoms with Gasteiger partial charge in [-0.05, 0) is 77.8 Å². The van der Waals surface area contributed by atoms with Crippen LogP contribution in [-0.4, -0.2) is 15.0 Å². The molecule has 0 aliphatic carbocycles. The largest absolute Gasteiger partial charge is 0.208 e. The van der Waals surface area contributed by atoms with Crippen LogP contribution in [0.1, 0.15) is 0 Å². The van der Waals surface area contributed by atoms with Crippen molar-refractivity contribution >= 4 is 63.8 Å². The third kappa shape index (κ3) is 5.91. The lowest BCUT2D eigenvalue weighted by Crippen LogP contribution is -2.01. The number of benzene rings is 10. The Hall–Kier alpha value is -7.79. The first-order valence-corrected chi connectivity index (χ1v) is 21.4. The van der Waals surface area contributed by atoms with Gasteiger partial charge in [-0.25, -0.2) is 15.0 Å². The summed E-state index contributed by atoms with van der Waals surface area (Å²) < 4.78 is 2.60. The van der Waals surface area contributed by atoms with Gasteiger partial charge < -0.3 is 0 Å². The Bertz CT molecular complexity index is 3570. The lowest BCUT2D eigenvalue weighted by molar-refractivity contribution is 1.08. The van der Waals surface area contributed by atoms with E-state index >= 15 is 0 Å². The van der Waals surface area contributed by atoms with Crippen molar-refractivity contribution in [2.75, 3.05) is 0 Å². The number of nitrogens with zero attached hydrogens (tertiary/aromatic N) is 3. The summed E-state index contributed by atoms with van der Waals surface area (Å²) in [5.74, 6) is 1.92. The van der Waals surface area contributed by atoms with E-state index in [-0.39, 0.29) is 0 Å². The van der Waals surface area contributed by atoms with Gasteiger partial charge in [0.1, 0.15) is 0 Å². The van der Waals surface area contributed by atoms with E-state index in [1.165, 1.54) is 69.5 Å². The number of aromatic nitrogens is 3. The summed E-state index contributed by atoms with van der Waals surface area (Å²) in [5.41, 5.74) is 10.1. The van der Waals surface area contributed by atoms with E-state index in [0.29, 0.717) is 17.5 Å². The van der Waals surface area contributed by atoms with E-state index in [0.717, 1.165) is 33.0 Å². The van der Waals surface area contributed by atoms with E-state index in [2.05, 4.69) is 194 Å². The standard InChI is InChI=1S/C57H35N3S/c1-3-16-37(17-4-1)52-44-23-9-11-25-46(44)53(47-26-12-10-24-45(47)52)48-34-35-50(42-21-8-7-20-41(42)48)57-59-55(38-18-5-2-6-19-38)58-56(60-57)39-32-30-36(31-33-39)40-27-15-28-49-43-22-13-14-29-51(43)61-54(40)49/h1-35H. The van der Waals surface area contributed by atoms with E-state index in [1.54, 1.807) is 0 Å². The molecule has 2 heterocycles. The molecule has 4 heteroatoms.